The number of nitrogens with one attached hydrogen (secondary N) is 1. The molecule has 3 unspecified atom stereocenters. The van der Waals surface area contributed by atoms with E-state index in [1.165, 1.54) is 24.0 Å². The van der Waals surface area contributed by atoms with Gasteiger partial charge in [0.05, 0.1) is 0 Å². The minimum absolute atomic E-state index is 0.290. The van der Waals surface area contributed by atoms with Crippen LogP contribution in [0.5, 0.6) is 0 Å². The third kappa shape index (κ3) is 5.25. The van der Waals surface area contributed by atoms with Gasteiger partial charge in [-0.1, -0.05) is 65.3 Å². The molecule has 1 aromatic rings. The molecule has 1 aromatic carbocycles. The summed E-state index contributed by atoms with van der Waals surface area (Å²) in [6.07, 6.45) is 5.71. The largest absolute Gasteiger partial charge is 0.352 e. The Bertz CT molecular complexity index is 577. The van der Waals surface area contributed by atoms with Gasteiger partial charge in [-0.25, -0.2) is 4.79 Å². The lowest BCUT2D eigenvalue weighted by Crippen LogP contribution is -2.49. The van der Waals surface area contributed by atoms with Crippen molar-refractivity contribution in [2.45, 2.75) is 78.7 Å². The maximum atomic E-state index is 11.0. The number of amides is 2. The first kappa shape index (κ1) is 20.8. The van der Waals surface area contributed by atoms with Crippen LogP contribution in [0.3, 0.4) is 0 Å². The number of benzene rings is 1. The molecule has 2 amide bonds. The Labute approximate surface area is 160 Å². The third-order valence-corrected chi connectivity index (χ3v) is 6.51. The fourth-order valence-electron chi connectivity index (χ4n) is 5.10. The van der Waals surface area contributed by atoms with Crippen LogP contribution >= 0.6 is 0 Å². The number of carbonyl (C=O) groups is 1. The second-order valence-corrected chi connectivity index (χ2v) is 8.69. The van der Waals surface area contributed by atoms with Crippen LogP contribution in [0, 0.1) is 23.7 Å². The smallest absolute Gasteiger partial charge is 0.312 e. The molecule has 26 heavy (non-hydrogen) atoms. The van der Waals surface area contributed by atoms with E-state index in [0.29, 0.717) is 29.7 Å². The number of urea groups is 1. The van der Waals surface area contributed by atoms with Crippen molar-refractivity contribution in [1.29, 1.82) is 0 Å². The topological polar surface area (TPSA) is 55.1 Å². The highest BCUT2D eigenvalue weighted by Gasteiger charge is 2.36. The first-order chi connectivity index (χ1) is 12.3. The Morgan fingerprint density at radius 3 is 2.42 bits per heavy atom. The van der Waals surface area contributed by atoms with E-state index in [-0.39, 0.29) is 6.03 Å². The molecular formula is C23H38N2O. The van der Waals surface area contributed by atoms with Crippen LogP contribution in [0.15, 0.2) is 24.3 Å². The van der Waals surface area contributed by atoms with E-state index < -0.39 is 0 Å². The molecule has 1 aliphatic carbocycles. The molecular weight excluding hydrogens is 320 g/mol. The van der Waals surface area contributed by atoms with E-state index in [0.717, 1.165) is 25.2 Å². The quantitative estimate of drug-likeness (QED) is 0.602. The van der Waals surface area contributed by atoms with Gasteiger partial charge < -0.3 is 11.1 Å². The predicted octanol–water partition coefficient (Wildman–Crippen LogP) is 5.49. The number of rotatable bonds is 9. The minimum atomic E-state index is -0.387. The zero-order valence-corrected chi connectivity index (χ0v) is 17.3. The van der Waals surface area contributed by atoms with E-state index in [1.54, 1.807) is 0 Å². The van der Waals surface area contributed by atoms with Gasteiger partial charge in [0, 0.05) is 6.04 Å². The van der Waals surface area contributed by atoms with Crippen molar-refractivity contribution in [3.8, 4) is 0 Å². The van der Waals surface area contributed by atoms with Crippen LogP contribution in [0.1, 0.15) is 77.3 Å². The van der Waals surface area contributed by atoms with Crippen LogP contribution in [-0.4, -0.2) is 12.1 Å². The second-order valence-electron chi connectivity index (χ2n) is 8.69. The molecule has 146 valence electrons. The molecule has 1 aliphatic rings. The van der Waals surface area contributed by atoms with Gasteiger partial charge >= 0.3 is 6.03 Å². The second kappa shape index (κ2) is 9.43. The normalized spacial score (nSPS) is 23.2. The Morgan fingerprint density at radius 1 is 1.19 bits per heavy atom. The minimum Gasteiger partial charge on any atom is -0.352 e. The Morgan fingerprint density at radius 2 is 1.88 bits per heavy atom. The van der Waals surface area contributed by atoms with Crippen molar-refractivity contribution >= 4 is 6.03 Å². The molecule has 0 bridgehead atoms. The highest BCUT2D eigenvalue weighted by atomic mass is 16.2. The van der Waals surface area contributed by atoms with Gasteiger partial charge in [0.1, 0.15) is 0 Å². The third-order valence-electron chi connectivity index (χ3n) is 6.51. The maximum absolute atomic E-state index is 11.0. The Balaban J connectivity index is 1.97. The van der Waals surface area contributed by atoms with Crippen molar-refractivity contribution in [3.05, 3.63) is 35.4 Å². The molecule has 0 aliphatic heterocycles. The van der Waals surface area contributed by atoms with Crippen molar-refractivity contribution in [2.75, 3.05) is 0 Å². The van der Waals surface area contributed by atoms with Gasteiger partial charge in [-0.15, -0.1) is 0 Å². The van der Waals surface area contributed by atoms with Crippen molar-refractivity contribution in [2.24, 2.45) is 29.4 Å². The lowest BCUT2D eigenvalue weighted by atomic mass is 9.66. The van der Waals surface area contributed by atoms with E-state index in [9.17, 15) is 4.79 Å². The van der Waals surface area contributed by atoms with E-state index in [1.807, 2.05) is 0 Å². The van der Waals surface area contributed by atoms with Gasteiger partial charge in [-0.2, -0.15) is 0 Å². The number of nitrogens with two attached hydrogens (primary N) is 1. The zero-order valence-electron chi connectivity index (χ0n) is 17.3. The van der Waals surface area contributed by atoms with Crippen LogP contribution in [-0.2, 0) is 6.42 Å². The Kier molecular flexibility index (Phi) is 7.55. The lowest BCUT2D eigenvalue weighted by Gasteiger charge is -2.42. The number of carbonyl (C=O) groups excluding carboxylic acids is 1. The van der Waals surface area contributed by atoms with Crippen LogP contribution in [0.25, 0.3) is 0 Å². The van der Waals surface area contributed by atoms with Crippen LogP contribution in [0.2, 0.25) is 0 Å². The monoisotopic (exact) mass is 358 g/mol. The van der Waals surface area contributed by atoms with Crippen molar-refractivity contribution in [1.82, 2.24) is 5.32 Å². The molecule has 3 N–H and O–H groups in total. The summed E-state index contributed by atoms with van der Waals surface area (Å²) in [5, 5.41) is 2.85. The van der Waals surface area contributed by atoms with Gasteiger partial charge in [-0.3, -0.25) is 0 Å². The fraction of sp³-hybridized carbons (Fsp3) is 0.696. The molecule has 0 heterocycles. The number of primary amides is 1. The highest BCUT2D eigenvalue weighted by molar-refractivity contribution is 5.72. The molecule has 1 saturated carbocycles. The molecule has 0 spiro atoms. The van der Waals surface area contributed by atoms with Gasteiger partial charge in [0.25, 0.3) is 0 Å². The summed E-state index contributed by atoms with van der Waals surface area (Å²) in [5.74, 6) is 3.43. The molecule has 1 fully saturated rings. The molecule has 0 radical (unpaired) electrons. The van der Waals surface area contributed by atoms with Gasteiger partial charge in [0.2, 0.25) is 0 Å². The van der Waals surface area contributed by atoms with Crippen LogP contribution in [0.4, 0.5) is 4.79 Å². The first-order valence-corrected chi connectivity index (χ1v) is 10.5. The standard InChI is InChI=1S/C23H38N2O/c1-6-21(15(3)4)18-10-8-9-17(12-18)11-16(5)22(7-2)19-13-20(14-19)25-23(24)26/h8-10,12,15-16,19-22H,6-7,11,13-14H2,1-5H3,(H3,24,25,26)/t16?,19-,20+,21?,22?. The van der Waals surface area contributed by atoms with Crippen LogP contribution < -0.4 is 11.1 Å². The first-order valence-electron chi connectivity index (χ1n) is 10.5. The number of hydrogen-bond acceptors (Lipinski definition) is 1. The molecule has 2 rings (SSSR count). The lowest BCUT2D eigenvalue weighted by molar-refractivity contribution is 0.112. The average Bonchev–Trinajstić information content (AvgIpc) is 2.53. The Hall–Kier alpha value is -1.51. The summed E-state index contributed by atoms with van der Waals surface area (Å²) < 4.78 is 0. The van der Waals surface area contributed by atoms with E-state index in [2.05, 4.69) is 64.2 Å². The van der Waals surface area contributed by atoms with Gasteiger partial charge in [0.15, 0.2) is 0 Å². The van der Waals surface area contributed by atoms with Gasteiger partial charge in [-0.05, 0) is 66.4 Å². The van der Waals surface area contributed by atoms with E-state index >= 15 is 0 Å². The fourth-order valence-corrected chi connectivity index (χ4v) is 5.10. The summed E-state index contributed by atoms with van der Waals surface area (Å²) in [5.41, 5.74) is 8.21. The average molecular weight is 359 g/mol. The zero-order chi connectivity index (χ0) is 19.3. The highest BCUT2D eigenvalue weighted by Crippen LogP contribution is 2.40. The van der Waals surface area contributed by atoms with E-state index in [4.69, 9.17) is 5.73 Å². The summed E-state index contributed by atoms with van der Waals surface area (Å²) in [7, 11) is 0. The predicted molar refractivity (Wildman–Crippen MR) is 110 cm³/mol. The maximum Gasteiger partial charge on any atom is 0.312 e. The van der Waals surface area contributed by atoms with Crippen molar-refractivity contribution < 1.29 is 4.79 Å². The summed E-state index contributed by atoms with van der Waals surface area (Å²) in [4.78, 5) is 11.0. The van der Waals surface area contributed by atoms with Crippen molar-refractivity contribution in [3.63, 3.8) is 0 Å². The summed E-state index contributed by atoms with van der Waals surface area (Å²) in [6.45, 7) is 11.6. The number of hydrogen-bond donors (Lipinski definition) is 2. The SMILES string of the molecule is CCC(c1cccc(CC(C)C(CC)[C@H]2C[C@@H](NC(N)=O)C2)c1)C(C)C. The molecule has 0 saturated heterocycles. The molecule has 0 aromatic heterocycles. The summed E-state index contributed by atoms with van der Waals surface area (Å²) in [6, 6.07) is 9.17. The molecule has 3 atom stereocenters. The summed E-state index contributed by atoms with van der Waals surface area (Å²) >= 11 is 0. The molecule has 3 heteroatoms. The molecule has 3 nitrogen and oxygen atoms in total.